The van der Waals surface area contributed by atoms with Crippen molar-refractivity contribution in [1.29, 1.82) is 0 Å². The molecule has 0 unspecified atom stereocenters. The van der Waals surface area contributed by atoms with Gasteiger partial charge in [0.15, 0.2) is 0 Å². The molecule has 0 atom stereocenters. The Balaban J connectivity index is -0.000000581. The number of hydrogen-bond acceptors (Lipinski definition) is 3. The second-order valence-corrected chi connectivity index (χ2v) is 24.9. The van der Waals surface area contributed by atoms with Crippen LogP contribution >= 0.6 is 11.3 Å². The minimum Gasteiger partial charge on any atom is -0.465 e. The Morgan fingerprint density at radius 1 is 0.387 bits per heavy atom. The Morgan fingerprint density at radius 3 is 1.14 bits per heavy atom. The number of carbonyl (C=O) groups excluding carboxylic acids is 1. The van der Waals surface area contributed by atoms with Crippen LogP contribution < -0.4 is 0 Å². The molecular formula is C80H97F27FeO2S. The number of hydrogen-bond donors (Lipinski definition) is 0. The van der Waals surface area contributed by atoms with Crippen molar-refractivity contribution in [3.63, 3.8) is 0 Å². The van der Waals surface area contributed by atoms with Gasteiger partial charge in [-0.1, -0.05) is 238 Å². The van der Waals surface area contributed by atoms with Gasteiger partial charge in [0, 0.05) is 76.5 Å². The van der Waals surface area contributed by atoms with Gasteiger partial charge in [-0.2, -0.15) is 119 Å². The van der Waals surface area contributed by atoms with Crippen LogP contribution in [0.15, 0.2) is 188 Å². The summed E-state index contributed by atoms with van der Waals surface area (Å²) in [4.78, 5) is 11.3. The summed E-state index contributed by atoms with van der Waals surface area (Å²) in [5, 5.41) is 2.89. The minimum atomic E-state index is -4.28. The predicted octanol–water partition coefficient (Wildman–Crippen LogP) is 32.0. The van der Waals surface area contributed by atoms with Crippen molar-refractivity contribution in [1.82, 2.24) is 0 Å². The average molecular weight is 1690 g/mol. The van der Waals surface area contributed by atoms with Crippen molar-refractivity contribution >= 4 is 45.6 Å². The third-order valence-electron chi connectivity index (χ3n) is 13.8. The topological polar surface area (TPSA) is 26.3 Å². The van der Waals surface area contributed by atoms with Gasteiger partial charge in [0.05, 0.1) is 12.5 Å². The van der Waals surface area contributed by atoms with Crippen molar-refractivity contribution in [2.24, 2.45) is 11.8 Å². The molecule has 4 aromatic rings. The Bertz CT molecular complexity index is 3180. The van der Waals surface area contributed by atoms with Crippen LogP contribution in [0.2, 0.25) is 0 Å². The quantitative estimate of drug-likeness (QED) is 0.0367. The standard InChI is InChI=1S/C12H11F3.C11H15F3O2.C11H7F3S.C10H9F3.C9H13F3.2C6H9F3.2C5H7F3.C5H10.Fe/c13-12(14,15)10-6-2-5-9-11-7-3-1-4-8-11;12-11(13,14)7-3-4-8-16-10(15)9-5-1-2-6-9;12-11(13,14)5-3-8-1-2-10-9(7-8)4-6-15-10;1-8-2-4-9(5-3-8)6-7-10(11,12)13;10-9(11,12)7-6-8-4-2-1-3-5-8;2*1-2-3-4-5-6(7,8)9;2*1-2-3-4-5(6,7)8;1-2-4-5-3-1;/h1,3-10H,2H2;3,7,9H,1-2,4-6,8H2;1-7H;2-7H,1H3;6-8H,1-5H2;2*4-5H,2-3H2,1H3;2*3-4H,2H2,1H3;1-5H2;/b9-5+,10-6-;7-3-;5-3-;2*7-6-;2*5-4-;2*4-3-;;. The zero-order chi connectivity index (χ0) is 84.4. The molecule has 3 aromatic carbocycles. The number of esters is 1. The summed E-state index contributed by atoms with van der Waals surface area (Å²) in [6.07, 6.45) is -1.64. The molecule has 1 aromatic heterocycles. The van der Waals surface area contributed by atoms with Gasteiger partial charge >= 0.3 is 61.6 Å². The summed E-state index contributed by atoms with van der Waals surface area (Å²) < 4.78 is 317. The van der Waals surface area contributed by atoms with Crippen LogP contribution in [0, 0.1) is 18.8 Å². The molecule has 3 aliphatic rings. The number of alkyl halides is 27. The van der Waals surface area contributed by atoms with Crippen LogP contribution in [0.1, 0.15) is 191 Å². The van der Waals surface area contributed by atoms with Gasteiger partial charge in [-0.15, -0.1) is 11.3 Å². The Kier molecular flexibility index (Phi) is 60.4. The first-order valence-electron chi connectivity index (χ1n) is 35.1. The zero-order valence-corrected chi connectivity index (χ0v) is 63.8. The number of halogens is 27. The first-order chi connectivity index (χ1) is 50.9. The van der Waals surface area contributed by atoms with Gasteiger partial charge in [0.2, 0.25) is 0 Å². The van der Waals surface area contributed by atoms with Gasteiger partial charge in [-0.05, 0) is 123 Å². The number of thiophene rings is 1. The largest absolute Gasteiger partial charge is 0.465 e. The molecule has 31 heteroatoms. The van der Waals surface area contributed by atoms with Crippen LogP contribution in [-0.2, 0) is 26.6 Å². The zero-order valence-electron chi connectivity index (χ0n) is 61.8. The Labute approximate surface area is 647 Å². The summed E-state index contributed by atoms with van der Waals surface area (Å²) in [6.45, 7) is 8.89. The van der Waals surface area contributed by atoms with Crippen LogP contribution in [0.25, 0.3) is 28.3 Å². The fraction of sp³-hybridized carbons (Fsp3) is 0.487. The van der Waals surface area contributed by atoms with Crippen molar-refractivity contribution in [2.75, 3.05) is 6.61 Å². The minimum absolute atomic E-state index is 0. The van der Waals surface area contributed by atoms with Gasteiger partial charge < -0.3 is 4.74 Å². The van der Waals surface area contributed by atoms with Crippen LogP contribution in [0.3, 0.4) is 0 Å². The van der Waals surface area contributed by atoms with E-state index < -0.39 is 55.6 Å². The van der Waals surface area contributed by atoms with Crippen molar-refractivity contribution in [3.8, 4) is 0 Å². The first kappa shape index (κ1) is 110. The van der Waals surface area contributed by atoms with E-state index >= 15 is 0 Å². The summed E-state index contributed by atoms with van der Waals surface area (Å²) in [5.41, 5.74) is 3.14. The maximum atomic E-state index is 11.9. The van der Waals surface area contributed by atoms with E-state index in [4.69, 9.17) is 4.74 Å². The number of benzene rings is 3. The first-order valence-corrected chi connectivity index (χ1v) is 35.9. The van der Waals surface area contributed by atoms with Crippen molar-refractivity contribution < 1.29 is 145 Å². The molecule has 0 aliphatic heterocycles. The smallest absolute Gasteiger partial charge is 0.409 e. The van der Waals surface area contributed by atoms with E-state index in [0.29, 0.717) is 42.9 Å². The second-order valence-electron chi connectivity index (χ2n) is 24.0. The second kappa shape index (κ2) is 60.7. The molecule has 111 heavy (non-hydrogen) atoms. The number of fused-ring (bicyclic) bond motifs is 1. The van der Waals surface area contributed by atoms with E-state index in [9.17, 15) is 123 Å². The monoisotopic (exact) mass is 1690 g/mol. The molecule has 2 nitrogen and oxygen atoms in total. The van der Waals surface area contributed by atoms with E-state index in [1.54, 1.807) is 73.7 Å². The van der Waals surface area contributed by atoms with Crippen LogP contribution in [0.4, 0.5) is 119 Å². The molecule has 632 valence electrons. The van der Waals surface area contributed by atoms with E-state index in [2.05, 4.69) is 0 Å². The number of aryl methyl sites for hydroxylation is 1. The molecule has 0 N–H and O–H groups in total. The van der Waals surface area contributed by atoms with E-state index in [1.807, 2.05) is 68.6 Å². The van der Waals surface area contributed by atoms with Crippen molar-refractivity contribution in [2.45, 2.75) is 231 Å². The molecule has 7 rings (SSSR count). The molecule has 0 radical (unpaired) electrons. The molecule has 3 fully saturated rings. The van der Waals surface area contributed by atoms with E-state index in [1.165, 1.54) is 44.6 Å². The average Bonchev–Trinajstić information content (AvgIpc) is 1.72. The fourth-order valence-corrected chi connectivity index (χ4v) is 9.42. The molecular weight excluding hydrogens is 1590 g/mol. The van der Waals surface area contributed by atoms with Gasteiger partial charge in [-0.25, -0.2) is 0 Å². The molecule has 0 amide bonds. The number of rotatable bonds is 16. The predicted molar refractivity (Wildman–Crippen MR) is 387 cm³/mol. The Hall–Kier alpha value is -6.88. The van der Waals surface area contributed by atoms with Crippen LogP contribution in [-0.4, -0.2) is 68.2 Å². The maximum absolute atomic E-state index is 11.9. The molecule has 3 saturated carbocycles. The number of allylic oxidation sites excluding steroid dienone is 16. The molecule has 0 saturated heterocycles. The summed E-state index contributed by atoms with van der Waals surface area (Å²) in [6, 6.07) is 23.4. The van der Waals surface area contributed by atoms with Gasteiger partial charge in [0.1, 0.15) is 0 Å². The van der Waals surface area contributed by atoms with Gasteiger partial charge in [-0.3, -0.25) is 4.79 Å². The molecule has 1 heterocycles. The molecule has 3 aliphatic carbocycles. The maximum Gasteiger partial charge on any atom is 0.409 e. The summed E-state index contributed by atoms with van der Waals surface area (Å²) >= 11 is 1.57. The Morgan fingerprint density at radius 2 is 0.748 bits per heavy atom. The van der Waals surface area contributed by atoms with E-state index in [-0.39, 0.29) is 103 Å². The van der Waals surface area contributed by atoms with E-state index in [0.717, 1.165) is 134 Å². The fourth-order valence-electron chi connectivity index (χ4n) is 8.65. The third kappa shape index (κ3) is 83.9. The molecule has 0 spiro atoms. The SMILES string of the molecule is C1CCCC1.CC/C=C\C(F)(F)F.CC/C=C\C(F)(F)F.CCC/C=C\C(F)(F)F.CCC/C=C\C(F)(F)F.Cc1ccc(/C=C\C(F)(F)F)cc1.FC(F)(F)/C=C\C/C=C/c1ccccc1.FC(F)(F)/C=C\C1CCCCC1.FC(F)(F)/C=C\c1ccc2sccc2c1.O=C(OCC/C=C\C(F)(F)F)C1CCCC1.[Fe]. The van der Waals surface area contributed by atoms with Crippen LogP contribution in [0.5, 0.6) is 0 Å². The summed E-state index contributed by atoms with van der Waals surface area (Å²) in [5.74, 6) is -0.134. The number of ether oxygens (including phenoxy) is 1. The van der Waals surface area contributed by atoms with Crippen molar-refractivity contribution in [3.05, 3.63) is 210 Å². The normalized spacial score (nSPS) is 14.9. The third-order valence-corrected chi connectivity index (χ3v) is 14.7. The molecule has 0 bridgehead atoms. The number of carbonyl (C=O) groups is 1. The number of unbranched alkanes of at least 4 members (excludes halogenated alkanes) is 2. The summed E-state index contributed by atoms with van der Waals surface area (Å²) in [7, 11) is 0. The van der Waals surface area contributed by atoms with Gasteiger partial charge in [0.25, 0.3) is 0 Å².